The van der Waals surface area contributed by atoms with Crippen LogP contribution in [0.5, 0.6) is 0 Å². The molecule has 0 spiro atoms. The number of hydrogen-bond donors (Lipinski definition) is 0. The first-order valence-corrected chi connectivity index (χ1v) is 34.9. The van der Waals surface area contributed by atoms with Crippen LogP contribution < -0.4 is 3.27 Å². The van der Waals surface area contributed by atoms with E-state index in [-0.39, 0.29) is 0 Å². The van der Waals surface area contributed by atoms with Gasteiger partial charge < -0.3 is 0 Å². The molecule has 5 aromatic rings. The molecule has 0 aromatic heterocycles. The van der Waals surface area contributed by atoms with E-state index in [0.717, 1.165) is 12.8 Å². The van der Waals surface area contributed by atoms with E-state index < -0.39 is 13.5 Å². The Morgan fingerprint density at radius 3 is 1.47 bits per heavy atom. The van der Waals surface area contributed by atoms with Crippen molar-refractivity contribution in [3.8, 4) is 0 Å². The molecule has 5 aromatic carbocycles. The molecule has 4 aliphatic rings. The van der Waals surface area contributed by atoms with Gasteiger partial charge in [-0.25, -0.2) is 0 Å². The van der Waals surface area contributed by atoms with Crippen LogP contribution in [-0.4, -0.2) is 13.3 Å². The molecule has 0 unspecified atom stereocenters. The Morgan fingerprint density at radius 1 is 0.571 bits per heavy atom. The molecule has 0 nitrogen and oxygen atoms in total. The number of benzene rings is 5. The van der Waals surface area contributed by atoms with Gasteiger partial charge in [0.05, 0.1) is 0 Å². The van der Waals surface area contributed by atoms with Crippen LogP contribution in [0.1, 0.15) is 97.9 Å². The fourth-order valence-corrected chi connectivity index (χ4v) is 57.0. The third kappa shape index (κ3) is 3.64. The van der Waals surface area contributed by atoms with Crippen molar-refractivity contribution in [3.63, 3.8) is 0 Å². The summed E-state index contributed by atoms with van der Waals surface area (Å²) in [5.41, 5.74) is 15.4. The standard InChI is InChI=1S/2C16H12.C6H5.2C4H9.CH3.H2Si.Zr/c2*1-10-7-13-9-12-6-5-11-3-2-4-14(16(11)12)15(13)8-10;1-2-4-6-5-3-1;2*1-3-4-2;;;/h2*2-4,8-9H,5-6H2,1H3;1-5H;2*1,3-4H2,2H3;1H3;1H2;. The molecular formula is C47H52SiZr. The zero-order valence-corrected chi connectivity index (χ0v) is 34.3. The quantitative estimate of drug-likeness (QED) is 0.146. The van der Waals surface area contributed by atoms with Gasteiger partial charge in [0.25, 0.3) is 0 Å². The number of allylic oxidation sites excluding steroid dienone is 2. The summed E-state index contributed by atoms with van der Waals surface area (Å²) in [5.74, 6) is 0. The minimum atomic E-state index is -5.78. The summed E-state index contributed by atoms with van der Waals surface area (Å²) in [7, 11) is 0. The molecule has 248 valence electrons. The summed E-state index contributed by atoms with van der Waals surface area (Å²) in [5, 5.41) is 6.04. The Morgan fingerprint density at radius 2 is 1.02 bits per heavy atom. The van der Waals surface area contributed by atoms with Gasteiger partial charge in [0.1, 0.15) is 0 Å². The van der Waals surface area contributed by atoms with Crippen LogP contribution in [0.2, 0.25) is 12.9 Å². The zero-order chi connectivity index (χ0) is 33.9. The summed E-state index contributed by atoms with van der Waals surface area (Å²) >= 11 is -5.78. The van der Waals surface area contributed by atoms with Gasteiger partial charge in [-0.2, -0.15) is 0 Å². The van der Waals surface area contributed by atoms with E-state index in [2.05, 4.69) is 130 Å². The molecule has 0 saturated heterocycles. The second-order valence-electron chi connectivity index (χ2n) is 18.2. The van der Waals surface area contributed by atoms with Crippen LogP contribution in [0.4, 0.5) is 0 Å². The Kier molecular flexibility index (Phi) is 6.40. The van der Waals surface area contributed by atoms with Crippen molar-refractivity contribution in [3.05, 3.63) is 135 Å². The van der Waals surface area contributed by atoms with Crippen molar-refractivity contribution in [1.82, 2.24) is 0 Å². The van der Waals surface area contributed by atoms with Crippen molar-refractivity contribution in [2.75, 3.05) is 0 Å². The first-order valence-electron chi connectivity index (χ1n) is 19.3. The van der Waals surface area contributed by atoms with Crippen LogP contribution in [0.3, 0.4) is 0 Å². The Hall–Kier alpha value is -3.06. The van der Waals surface area contributed by atoms with E-state index >= 15 is 0 Å². The van der Waals surface area contributed by atoms with Crippen molar-refractivity contribution in [2.45, 2.75) is 92.0 Å². The van der Waals surface area contributed by atoms with E-state index in [9.17, 15) is 0 Å². The first-order chi connectivity index (χ1) is 23.5. The van der Waals surface area contributed by atoms with Crippen molar-refractivity contribution >= 4 is 50.3 Å². The summed E-state index contributed by atoms with van der Waals surface area (Å²) in [6, 6.07) is 31.9. The van der Waals surface area contributed by atoms with Crippen LogP contribution in [-0.2, 0) is 39.1 Å². The van der Waals surface area contributed by atoms with Crippen molar-refractivity contribution < 1.29 is 13.5 Å². The van der Waals surface area contributed by atoms with Gasteiger partial charge in [0, 0.05) is 0 Å². The predicted octanol–water partition coefficient (Wildman–Crippen LogP) is 10.9. The summed E-state index contributed by atoms with van der Waals surface area (Å²) in [6.45, 7) is 12.5. The van der Waals surface area contributed by atoms with Gasteiger partial charge in [-0.15, -0.1) is 0 Å². The summed E-state index contributed by atoms with van der Waals surface area (Å²) < 4.78 is 10.7. The molecule has 0 fully saturated rings. The molecule has 9 rings (SSSR count). The maximum atomic E-state index is 2.99. The van der Waals surface area contributed by atoms with Crippen LogP contribution in [0.15, 0.2) is 90.0 Å². The van der Waals surface area contributed by atoms with E-state index in [1.165, 1.54) is 79.8 Å². The molecule has 0 amide bonds. The average molecular weight is 736 g/mol. The van der Waals surface area contributed by atoms with Crippen LogP contribution in [0.25, 0.3) is 33.7 Å². The molecule has 2 heteroatoms. The Bertz CT molecular complexity index is 2630. The number of hydrogen-bond acceptors (Lipinski definition) is 0. The number of rotatable bonds is 7. The third-order valence-electron chi connectivity index (χ3n) is 15.2. The van der Waals surface area contributed by atoms with E-state index in [1.807, 2.05) is 0 Å². The van der Waals surface area contributed by atoms with Gasteiger partial charge >= 0.3 is 290 Å². The van der Waals surface area contributed by atoms with E-state index in [0.29, 0.717) is 0 Å². The third-order valence-corrected chi connectivity index (χ3v) is 57.4. The average Bonchev–Trinajstić information content (AvgIpc) is 3.89. The van der Waals surface area contributed by atoms with Crippen molar-refractivity contribution in [1.29, 1.82) is 0 Å². The number of unbranched alkanes of at least 4 members (excludes halogenated alkanes) is 2. The number of fused-ring (bicyclic) bond motifs is 4. The summed E-state index contributed by atoms with van der Waals surface area (Å²) in [6.07, 6.45) is 14.8. The number of aryl methyl sites for hydroxylation is 4. The van der Waals surface area contributed by atoms with Gasteiger partial charge in [0.2, 0.25) is 0 Å². The molecule has 0 atom stereocenters. The molecule has 0 radical (unpaired) electrons. The van der Waals surface area contributed by atoms with Gasteiger partial charge in [-0.05, 0) is 0 Å². The molecule has 0 saturated carbocycles. The normalized spacial score (nSPS) is 17.3. The minimum absolute atomic E-state index is 1.16. The molecule has 0 heterocycles. The van der Waals surface area contributed by atoms with Gasteiger partial charge in [-0.1, -0.05) is 0 Å². The van der Waals surface area contributed by atoms with Crippen LogP contribution in [0, 0.1) is 0 Å². The Labute approximate surface area is 288 Å². The second kappa shape index (κ2) is 9.83. The molecule has 0 N–H and O–H groups in total. The van der Waals surface area contributed by atoms with Gasteiger partial charge in [-0.3, -0.25) is 0 Å². The van der Waals surface area contributed by atoms with E-state index in [1.54, 1.807) is 53.8 Å². The monoisotopic (exact) mass is 734 g/mol. The second-order valence-corrected chi connectivity index (χ2v) is 63.1. The van der Waals surface area contributed by atoms with Gasteiger partial charge in [0.15, 0.2) is 0 Å². The molecule has 0 bridgehead atoms. The fraction of sp³-hybridized carbons (Fsp3) is 0.319. The fourth-order valence-electron chi connectivity index (χ4n) is 13.3. The molecule has 0 aliphatic heterocycles. The predicted molar refractivity (Wildman–Crippen MR) is 218 cm³/mol. The first kappa shape index (κ1) is 31.9. The van der Waals surface area contributed by atoms with Crippen LogP contribution >= 0.6 is 0 Å². The zero-order valence-electron chi connectivity index (χ0n) is 30.4. The SMILES string of the molecule is CCC[CH2][Zr]([CH3])(=[SiH2])([CH2]CCC)(=[C]1C(C)=Cc2c1cc1c3c(cccc23)CC1)(=[C]1C(C)=Cc2c1cc1c3c(cccc23)CC1)[c]1ccccc1. The molecule has 49 heavy (non-hydrogen) atoms. The molecular weight excluding hydrogens is 684 g/mol. The maximum absolute atomic E-state index is 5.78. The van der Waals surface area contributed by atoms with E-state index in [4.69, 9.17) is 0 Å². The Balaban J connectivity index is 1.68. The molecule has 4 aliphatic carbocycles. The van der Waals surface area contributed by atoms with Crippen molar-refractivity contribution in [2.24, 2.45) is 0 Å². The summed E-state index contributed by atoms with van der Waals surface area (Å²) in [4.78, 5) is 0. The topological polar surface area (TPSA) is 0 Å².